The number of likely N-dealkylation sites (N-methyl/N-ethyl adjacent to an activating group) is 1. The lowest BCUT2D eigenvalue weighted by molar-refractivity contribution is 0.238. The highest BCUT2D eigenvalue weighted by Gasteiger charge is 2.26. The van der Waals surface area contributed by atoms with E-state index >= 15 is 0 Å². The van der Waals surface area contributed by atoms with E-state index in [1.54, 1.807) is 0 Å². The predicted molar refractivity (Wildman–Crippen MR) is 78.2 cm³/mol. The van der Waals surface area contributed by atoms with Crippen LogP contribution in [-0.4, -0.2) is 25.2 Å². The molecule has 2 rings (SSSR count). The standard InChI is InChI=1S/C15H25N3O/c1-4-16-10-12-9-14(18-17-12)13-7-5-6-8-15(13)19-11(2)3/h5-8,11-12,14,16-18H,4,9-10H2,1-3H3. The topological polar surface area (TPSA) is 45.3 Å². The Hall–Kier alpha value is -1.10. The normalized spacial score (nSPS) is 22.9. The molecule has 1 aliphatic heterocycles. The minimum Gasteiger partial charge on any atom is -0.491 e. The van der Waals surface area contributed by atoms with Crippen molar-refractivity contribution in [1.82, 2.24) is 16.2 Å². The monoisotopic (exact) mass is 263 g/mol. The molecule has 0 aromatic heterocycles. The Morgan fingerprint density at radius 2 is 2.11 bits per heavy atom. The van der Waals surface area contributed by atoms with E-state index in [2.05, 4.69) is 55.1 Å². The molecule has 0 spiro atoms. The van der Waals surface area contributed by atoms with Gasteiger partial charge in [-0.3, -0.25) is 5.43 Å². The molecule has 1 aromatic carbocycles. The molecule has 4 heteroatoms. The highest BCUT2D eigenvalue weighted by atomic mass is 16.5. The smallest absolute Gasteiger partial charge is 0.124 e. The van der Waals surface area contributed by atoms with Gasteiger partial charge in [-0.15, -0.1) is 0 Å². The Kier molecular flexibility index (Phi) is 5.19. The van der Waals surface area contributed by atoms with E-state index in [-0.39, 0.29) is 6.10 Å². The third-order valence-electron chi connectivity index (χ3n) is 3.28. The Morgan fingerprint density at radius 1 is 1.32 bits per heavy atom. The molecule has 1 aliphatic rings. The maximum atomic E-state index is 5.89. The summed E-state index contributed by atoms with van der Waals surface area (Å²) in [7, 11) is 0. The van der Waals surface area contributed by atoms with Crippen LogP contribution in [0.1, 0.15) is 38.8 Å². The van der Waals surface area contributed by atoms with E-state index in [0.717, 1.165) is 25.3 Å². The molecule has 1 heterocycles. The summed E-state index contributed by atoms with van der Waals surface area (Å²) in [4.78, 5) is 0. The molecule has 0 aliphatic carbocycles. The summed E-state index contributed by atoms with van der Waals surface area (Å²) in [6.45, 7) is 8.25. The van der Waals surface area contributed by atoms with Gasteiger partial charge in [-0.2, -0.15) is 0 Å². The molecule has 2 unspecified atom stereocenters. The maximum Gasteiger partial charge on any atom is 0.124 e. The van der Waals surface area contributed by atoms with Crippen molar-refractivity contribution >= 4 is 0 Å². The van der Waals surface area contributed by atoms with E-state index in [4.69, 9.17) is 4.74 Å². The van der Waals surface area contributed by atoms with Gasteiger partial charge in [0.25, 0.3) is 0 Å². The van der Waals surface area contributed by atoms with Gasteiger partial charge in [0.15, 0.2) is 0 Å². The predicted octanol–water partition coefficient (Wildman–Crippen LogP) is 1.99. The average Bonchev–Trinajstić information content (AvgIpc) is 2.85. The molecule has 0 saturated carbocycles. The molecular weight excluding hydrogens is 238 g/mol. The van der Waals surface area contributed by atoms with Gasteiger partial charge in [0.1, 0.15) is 5.75 Å². The van der Waals surface area contributed by atoms with Crippen LogP contribution < -0.4 is 20.9 Å². The van der Waals surface area contributed by atoms with Gasteiger partial charge in [-0.25, -0.2) is 5.43 Å². The van der Waals surface area contributed by atoms with Crippen molar-refractivity contribution in [1.29, 1.82) is 0 Å². The zero-order chi connectivity index (χ0) is 13.7. The molecule has 3 N–H and O–H groups in total. The lowest BCUT2D eigenvalue weighted by Gasteiger charge is -2.18. The van der Waals surface area contributed by atoms with Crippen LogP contribution >= 0.6 is 0 Å². The number of rotatable bonds is 6. The largest absolute Gasteiger partial charge is 0.491 e. The van der Waals surface area contributed by atoms with Gasteiger partial charge < -0.3 is 10.1 Å². The van der Waals surface area contributed by atoms with Crippen molar-refractivity contribution in [3.8, 4) is 5.75 Å². The third-order valence-corrected chi connectivity index (χ3v) is 3.28. The Labute approximate surface area is 115 Å². The fourth-order valence-corrected chi connectivity index (χ4v) is 2.41. The summed E-state index contributed by atoms with van der Waals surface area (Å²) in [5, 5.41) is 3.38. The van der Waals surface area contributed by atoms with Crippen LogP contribution in [0, 0.1) is 0 Å². The number of nitrogens with one attached hydrogen (secondary N) is 3. The van der Waals surface area contributed by atoms with Crippen molar-refractivity contribution in [2.24, 2.45) is 0 Å². The first-order chi connectivity index (χ1) is 9.20. The third kappa shape index (κ3) is 3.93. The van der Waals surface area contributed by atoms with E-state index < -0.39 is 0 Å². The summed E-state index contributed by atoms with van der Waals surface area (Å²) < 4.78 is 5.89. The maximum absolute atomic E-state index is 5.89. The van der Waals surface area contributed by atoms with Gasteiger partial charge in [-0.05, 0) is 32.9 Å². The first kappa shape index (κ1) is 14.3. The average molecular weight is 263 g/mol. The first-order valence-corrected chi connectivity index (χ1v) is 7.18. The fraction of sp³-hybridized carbons (Fsp3) is 0.600. The fourth-order valence-electron chi connectivity index (χ4n) is 2.41. The van der Waals surface area contributed by atoms with Crippen LogP contribution in [0.4, 0.5) is 0 Å². The molecule has 4 nitrogen and oxygen atoms in total. The van der Waals surface area contributed by atoms with E-state index in [0.29, 0.717) is 12.1 Å². The zero-order valence-corrected chi connectivity index (χ0v) is 12.1. The van der Waals surface area contributed by atoms with E-state index in [1.807, 2.05) is 6.07 Å². The van der Waals surface area contributed by atoms with Crippen LogP contribution in [0.25, 0.3) is 0 Å². The second-order valence-electron chi connectivity index (χ2n) is 5.29. The van der Waals surface area contributed by atoms with Crippen LogP contribution in [0.5, 0.6) is 5.75 Å². The number of ether oxygens (including phenoxy) is 1. The van der Waals surface area contributed by atoms with Crippen LogP contribution in [0.3, 0.4) is 0 Å². The molecular formula is C15H25N3O. The zero-order valence-electron chi connectivity index (χ0n) is 12.1. The second-order valence-corrected chi connectivity index (χ2v) is 5.29. The molecule has 106 valence electrons. The molecule has 2 atom stereocenters. The number of hydrogen-bond acceptors (Lipinski definition) is 4. The summed E-state index contributed by atoms with van der Waals surface area (Å²) in [6.07, 6.45) is 1.28. The van der Waals surface area contributed by atoms with Gasteiger partial charge in [0, 0.05) is 18.2 Å². The number of hydrogen-bond donors (Lipinski definition) is 3. The van der Waals surface area contributed by atoms with Gasteiger partial charge >= 0.3 is 0 Å². The van der Waals surface area contributed by atoms with Gasteiger partial charge in [0.2, 0.25) is 0 Å². The lowest BCUT2D eigenvalue weighted by atomic mass is 10.0. The van der Waals surface area contributed by atoms with Gasteiger partial charge in [-0.1, -0.05) is 25.1 Å². The van der Waals surface area contributed by atoms with Crippen LogP contribution in [0.2, 0.25) is 0 Å². The summed E-state index contributed by atoms with van der Waals surface area (Å²) >= 11 is 0. The summed E-state index contributed by atoms with van der Waals surface area (Å²) in [5.41, 5.74) is 7.97. The SMILES string of the molecule is CCNCC1CC(c2ccccc2OC(C)C)NN1. The second kappa shape index (κ2) is 6.89. The Balaban J connectivity index is 2.02. The lowest BCUT2D eigenvalue weighted by Crippen LogP contribution is -2.37. The van der Waals surface area contributed by atoms with Crippen LogP contribution in [-0.2, 0) is 0 Å². The van der Waals surface area contributed by atoms with Crippen molar-refractivity contribution < 1.29 is 4.74 Å². The molecule has 1 aromatic rings. The van der Waals surface area contributed by atoms with Crippen molar-refractivity contribution in [2.75, 3.05) is 13.1 Å². The Bertz CT molecular complexity index is 395. The molecule has 1 saturated heterocycles. The van der Waals surface area contributed by atoms with Crippen LogP contribution in [0.15, 0.2) is 24.3 Å². The highest BCUT2D eigenvalue weighted by Crippen LogP contribution is 2.30. The number of hydrazine groups is 1. The molecule has 0 radical (unpaired) electrons. The first-order valence-electron chi connectivity index (χ1n) is 7.18. The molecule has 0 amide bonds. The quantitative estimate of drug-likeness (QED) is 0.734. The van der Waals surface area contributed by atoms with E-state index in [9.17, 15) is 0 Å². The molecule has 0 bridgehead atoms. The summed E-state index contributed by atoms with van der Waals surface area (Å²) in [5.74, 6) is 0.987. The minimum atomic E-state index is 0.202. The van der Waals surface area contributed by atoms with Crippen molar-refractivity contribution in [3.63, 3.8) is 0 Å². The van der Waals surface area contributed by atoms with Crippen molar-refractivity contribution in [3.05, 3.63) is 29.8 Å². The molecule has 19 heavy (non-hydrogen) atoms. The minimum absolute atomic E-state index is 0.202. The van der Waals surface area contributed by atoms with Gasteiger partial charge in [0.05, 0.1) is 12.1 Å². The summed E-state index contributed by atoms with van der Waals surface area (Å²) in [6, 6.07) is 9.08. The number of para-hydroxylation sites is 1. The number of benzene rings is 1. The highest BCUT2D eigenvalue weighted by molar-refractivity contribution is 5.36. The van der Waals surface area contributed by atoms with E-state index in [1.165, 1.54) is 5.56 Å². The Morgan fingerprint density at radius 3 is 2.84 bits per heavy atom. The molecule has 1 fully saturated rings. The van der Waals surface area contributed by atoms with Crippen molar-refractivity contribution in [2.45, 2.75) is 45.4 Å².